The number of hydrogen-bond donors (Lipinski definition) is 3. The molecule has 312 valence electrons. The van der Waals surface area contributed by atoms with Gasteiger partial charge in [0.1, 0.15) is 31.3 Å². The lowest BCUT2D eigenvalue weighted by atomic mass is 9.55. The normalized spacial score (nSPS) is 24.1. The standard InChI is InChI=1S/C44H61N3O10/c1-5-7-24-54-43(51)47(19-25-53-26-22-50)40-29-38(46-52-4)36-27-32(14-8-10-20-48)35(16-9-11-21-49)41-37-28-34(55-30-33-15-12-13-31(3)45-33)17-18-39(37)57-44(40,42(36)41)56-23-6-2/h5-6,12-13,15,17-18,27-28,32,35,40-42,48-50H,1-2,7-11,14,16,19-26,29-30H2,3-4H3. The van der Waals surface area contributed by atoms with Crippen LogP contribution in [0, 0.1) is 24.7 Å². The average molecular weight is 792 g/mol. The maximum atomic E-state index is 14.2. The molecular weight excluding hydrogens is 730 g/mol. The minimum Gasteiger partial charge on any atom is -0.487 e. The van der Waals surface area contributed by atoms with Gasteiger partial charge in [0.15, 0.2) is 0 Å². The number of aryl methyl sites for hydroxylation is 1. The number of amides is 1. The van der Waals surface area contributed by atoms with E-state index in [2.05, 4.69) is 35.4 Å². The summed E-state index contributed by atoms with van der Waals surface area (Å²) in [6.07, 6.45) is 10.3. The summed E-state index contributed by atoms with van der Waals surface area (Å²) >= 11 is 0. The van der Waals surface area contributed by atoms with Gasteiger partial charge in [-0.2, -0.15) is 0 Å². The lowest BCUT2D eigenvalue weighted by Crippen LogP contribution is -2.70. The topological polar surface area (TPSA) is 162 Å². The summed E-state index contributed by atoms with van der Waals surface area (Å²) in [6.45, 7) is 10.6. The second-order valence-electron chi connectivity index (χ2n) is 14.7. The lowest BCUT2D eigenvalue weighted by molar-refractivity contribution is -0.256. The van der Waals surface area contributed by atoms with Crippen molar-refractivity contribution in [2.45, 2.75) is 82.6 Å². The van der Waals surface area contributed by atoms with E-state index >= 15 is 0 Å². The summed E-state index contributed by atoms with van der Waals surface area (Å²) in [7, 11) is 1.51. The minimum atomic E-state index is -1.45. The van der Waals surface area contributed by atoms with Crippen LogP contribution in [0.1, 0.15) is 74.2 Å². The van der Waals surface area contributed by atoms with Gasteiger partial charge in [-0.25, -0.2) is 4.79 Å². The van der Waals surface area contributed by atoms with Crippen LogP contribution in [0.25, 0.3) is 0 Å². The minimum absolute atomic E-state index is 0.0514. The van der Waals surface area contributed by atoms with Crippen LogP contribution in [0.5, 0.6) is 11.5 Å². The second-order valence-corrected chi connectivity index (χ2v) is 14.7. The molecule has 57 heavy (non-hydrogen) atoms. The molecule has 2 heterocycles. The average Bonchev–Trinajstić information content (AvgIpc) is 3.21. The Morgan fingerprint density at radius 1 is 1.04 bits per heavy atom. The number of rotatable bonds is 24. The molecule has 6 atom stereocenters. The quantitative estimate of drug-likeness (QED) is 0.0626. The van der Waals surface area contributed by atoms with Gasteiger partial charge in [-0.3, -0.25) is 9.88 Å². The number of hydrogen-bond acceptors (Lipinski definition) is 12. The molecule has 3 aliphatic rings. The number of fused-ring (bicyclic) bond motifs is 2. The molecule has 1 aromatic carbocycles. The number of unbranched alkanes of at least 4 members (excludes halogenated alkanes) is 2. The summed E-state index contributed by atoms with van der Waals surface area (Å²) < 4.78 is 32.1. The van der Waals surface area contributed by atoms with Crippen molar-refractivity contribution in [2.24, 2.45) is 22.9 Å². The van der Waals surface area contributed by atoms with Crippen LogP contribution in [-0.2, 0) is 25.7 Å². The smallest absolute Gasteiger partial charge is 0.410 e. The van der Waals surface area contributed by atoms with Gasteiger partial charge in [0.2, 0.25) is 5.79 Å². The van der Waals surface area contributed by atoms with Crippen LogP contribution in [0.2, 0.25) is 0 Å². The van der Waals surface area contributed by atoms with E-state index in [4.69, 9.17) is 28.5 Å². The zero-order valence-electron chi connectivity index (χ0n) is 33.6. The van der Waals surface area contributed by atoms with E-state index in [1.165, 1.54) is 7.11 Å². The summed E-state index contributed by atoms with van der Waals surface area (Å²) in [5.41, 5.74) is 4.26. The number of aliphatic hydroxyl groups is 3. The fraction of sp³-hybridized carbons (Fsp3) is 0.568. The van der Waals surface area contributed by atoms with Crippen molar-refractivity contribution < 1.29 is 48.6 Å². The zero-order valence-corrected chi connectivity index (χ0v) is 33.6. The highest BCUT2D eigenvalue weighted by Crippen LogP contribution is 2.62. The molecule has 2 aliphatic carbocycles. The third-order valence-electron chi connectivity index (χ3n) is 11.0. The molecule has 0 radical (unpaired) electrons. The van der Waals surface area contributed by atoms with Gasteiger partial charge < -0.3 is 43.8 Å². The van der Waals surface area contributed by atoms with Gasteiger partial charge in [0.25, 0.3) is 0 Å². The monoisotopic (exact) mass is 791 g/mol. The van der Waals surface area contributed by atoms with Crippen LogP contribution in [-0.4, -0.2) is 109 Å². The summed E-state index contributed by atoms with van der Waals surface area (Å²) in [5.74, 6) is -0.742. The summed E-state index contributed by atoms with van der Waals surface area (Å²) in [4.78, 5) is 26.0. The third-order valence-corrected chi connectivity index (χ3v) is 11.0. The van der Waals surface area contributed by atoms with E-state index in [-0.39, 0.29) is 83.6 Å². The van der Waals surface area contributed by atoms with Crippen LogP contribution in [0.3, 0.4) is 0 Å². The van der Waals surface area contributed by atoms with E-state index in [0.717, 1.165) is 48.2 Å². The number of allylic oxidation sites excluding steroid dienone is 1. The van der Waals surface area contributed by atoms with E-state index < -0.39 is 23.8 Å². The first kappa shape index (κ1) is 43.8. The maximum Gasteiger partial charge on any atom is 0.410 e. The van der Waals surface area contributed by atoms with Gasteiger partial charge in [-0.15, -0.1) is 13.2 Å². The number of nitrogens with zero attached hydrogens (tertiary/aromatic N) is 3. The molecule has 1 aromatic heterocycles. The molecule has 1 aliphatic heterocycles. The molecule has 2 aromatic rings. The van der Waals surface area contributed by atoms with Crippen LogP contribution in [0.4, 0.5) is 4.79 Å². The number of aliphatic hydroxyl groups excluding tert-OH is 3. The Morgan fingerprint density at radius 3 is 2.56 bits per heavy atom. The molecule has 5 rings (SSSR count). The highest BCUT2D eigenvalue weighted by molar-refractivity contribution is 6.02. The maximum absolute atomic E-state index is 14.2. The number of pyridine rings is 1. The molecular formula is C44H61N3O10. The van der Waals surface area contributed by atoms with Gasteiger partial charge in [0.05, 0.1) is 50.4 Å². The summed E-state index contributed by atoms with van der Waals surface area (Å²) in [5, 5.41) is 33.8. The molecule has 3 N–H and O–H groups in total. The van der Waals surface area contributed by atoms with Crippen molar-refractivity contribution in [1.29, 1.82) is 0 Å². The molecule has 13 nitrogen and oxygen atoms in total. The van der Waals surface area contributed by atoms with Crippen molar-refractivity contribution in [1.82, 2.24) is 9.88 Å². The first-order valence-corrected chi connectivity index (χ1v) is 20.3. The van der Waals surface area contributed by atoms with Crippen molar-refractivity contribution in [3.8, 4) is 11.5 Å². The lowest BCUT2D eigenvalue weighted by Gasteiger charge is -2.59. The zero-order chi connectivity index (χ0) is 40.6. The van der Waals surface area contributed by atoms with Crippen molar-refractivity contribution in [3.05, 3.63) is 90.3 Å². The number of carbonyl (C=O) groups is 1. The predicted molar refractivity (Wildman–Crippen MR) is 216 cm³/mol. The first-order valence-electron chi connectivity index (χ1n) is 20.3. The largest absolute Gasteiger partial charge is 0.487 e. The van der Waals surface area contributed by atoms with Crippen molar-refractivity contribution in [2.75, 3.05) is 59.9 Å². The summed E-state index contributed by atoms with van der Waals surface area (Å²) in [6, 6.07) is 10.9. The highest BCUT2D eigenvalue weighted by atomic mass is 16.7. The number of aromatic nitrogens is 1. The van der Waals surface area contributed by atoms with Crippen LogP contribution >= 0.6 is 0 Å². The fourth-order valence-electron chi connectivity index (χ4n) is 8.70. The van der Waals surface area contributed by atoms with Crippen molar-refractivity contribution >= 4 is 11.8 Å². The highest BCUT2D eigenvalue weighted by Gasteiger charge is 2.65. The number of carbonyl (C=O) groups excluding carboxylic acids is 1. The van der Waals surface area contributed by atoms with Crippen LogP contribution < -0.4 is 9.47 Å². The SMILES string of the molecule is C=CCCOC(=O)N(CCOCCO)C1CC(=NOC)C2=CC(CCCCO)C(CCCCO)C3c4cc(OCc5cccc(C)n5)ccc4OC1(OCC=C)C23. The van der Waals surface area contributed by atoms with Crippen LogP contribution in [0.15, 0.2) is 78.5 Å². The number of oxime groups is 1. The molecule has 1 saturated carbocycles. The van der Waals surface area contributed by atoms with Gasteiger partial charge in [-0.1, -0.05) is 42.3 Å². The molecule has 0 spiro atoms. The second kappa shape index (κ2) is 22.0. The predicted octanol–water partition coefficient (Wildman–Crippen LogP) is 6.26. The Balaban J connectivity index is 1.71. The van der Waals surface area contributed by atoms with E-state index in [0.29, 0.717) is 36.5 Å². The molecule has 0 bridgehead atoms. The first-order chi connectivity index (χ1) is 27.8. The Hall–Kier alpha value is -4.27. The molecule has 13 heteroatoms. The molecule has 1 fully saturated rings. The molecule has 0 saturated heterocycles. The van der Waals surface area contributed by atoms with Gasteiger partial charge >= 0.3 is 6.09 Å². The fourth-order valence-corrected chi connectivity index (χ4v) is 8.70. The van der Waals surface area contributed by atoms with E-state index in [9.17, 15) is 20.1 Å². The molecule has 1 amide bonds. The van der Waals surface area contributed by atoms with E-state index in [1.807, 2.05) is 37.3 Å². The Bertz CT molecular complexity index is 1680. The Labute approximate surface area is 336 Å². The van der Waals surface area contributed by atoms with E-state index in [1.54, 1.807) is 17.1 Å². The van der Waals surface area contributed by atoms with Gasteiger partial charge in [0, 0.05) is 43.4 Å². The number of ether oxygens (including phenoxy) is 5. The van der Waals surface area contributed by atoms with Gasteiger partial charge in [-0.05, 0) is 86.8 Å². The third kappa shape index (κ3) is 10.6. The Kier molecular flexibility index (Phi) is 16.9. The molecule has 6 unspecified atom stereocenters. The number of benzene rings is 1. The van der Waals surface area contributed by atoms with Crippen molar-refractivity contribution in [3.63, 3.8) is 0 Å². The Morgan fingerprint density at radius 2 is 1.84 bits per heavy atom.